The minimum Gasteiger partial charge on any atom is -0.497 e. The van der Waals surface area contributed by atoms with Crippen LogP contribution in [0.3, 0.4) is 0 Å². The number of amides is 2. The van der Waals surface area contributed by atoms with E-state index in [1.165, 1.54) is 0 Å². The van der Waals surface area contributed by atoms with Crippen molar-refractivity contribution in [3.8, 4) is 23.0 Å². The summed E-state index contributed by atoms with van der Waals surface area (Å²) < 4.78 is 21.3. The molecule has 1 aliphatic heterocycles. The first kappa shape index (κ1) is 20.4. The summed E-state index contributed by atoms with van der Waals surface area (Å²) in [5, 5.41) is 2.92. The highest BCUT2D eigenvalue weighted by Crippen LogP contribution is 2.33. The number of piperazine rings is 1. The monoisotopic (exact) mass is 401 g/mol. The molecule has 1 aliphatic rings. The van der Waals surface area contributed by atoms with Gasteiger partial charge in [-0.2, -0.15) is 0 Å². The Balaban J connectivity index is 1.63. The zero-order valence-corrected chi connectivity index (χ0v) is 17.2. The number of hydrogen-bond acceptors (Lipinski definition) is 6. The van der Waals surface area contributed by atoms with Crippen molar-refractivity contribution in [2.24, 2.45) is 0 Å². The number of hydrogen-bond donors (Lipinski definition) is 1. The molecule has 156 valence electrons. The van der Waals surface area contributed by atoms with E-state index in [-0.39, 0.29) is 6.03 Å². The van der Waals surface area contributed by atoms with Gasteiger partial charge in [-0.05, 0) is 12.1 Å². The predicted molar refractivity (Wildman–Crippen MR) is 112 cm³/mol. The van der Waals surface area contributed by atoms with Crippen molar-refractivity contribution >= 4 is 17.4 Å². The number of benzene rings is 2. The molecular formula is C21H27N3O5. The Labute approximate surface area is 170 Å². The number of rotatable bonds is 6. The second-order valence-corrected chi connectivity index (χ2v) is 6.54. The molecule has 1 N–H and O–H groups in total. The molecule has 2 amide bonds. The summed E-state index contributed by atoms with van der Waals surface area (Å²) in [6.07, 6.45) is 0. The number of methoxy groups -OCH3 is 4. The number of nitrogens with one attached hydrogen (secondary N) is 1. The largest absolute Gasteiger partial charge is 0.497 e. The second-order valence-electron chi connectivity index (χ2n) is 6.54. The zero-order chi connectivity index (χ0) is 20.8. The van der Waals surface area contributed by atoms with Gasteiger partial charge in [0.25, 0.3) is 0 Å². The van der Waals surface area contributed by atoms with Gasteiger partial charge in [-0.15, -0.1) is 0 Å². The lowest BCUT2D eigenvalue weighted by atomic mass is 10.2. The average molecular weight is 401 g/mol. The quantitative estimate of drug-likeness (QED) is 0.802. The minimum atomic E-state index is -0.151. The molecule has 0 aromatic heterocycles. The van der Waals surface area contributed by atoms with Gasteiger partial charge < -0.3 is 34.1 Å². The van der Waals surface area contributed by atoms with Crippen LogP contribution in [0.15, 0.2) is 36.4 Å². The van der Waals surface area contributed by atoms with E-state index in [4.69, 9.17) is 18.9 Å². The van der Waals surface area contributed by atoms with Crippen molar-refractivity contribution in [3.63, 3.8) is 0 Å². The van der Waals surface area contributed by atoms with Crippen molar-refractivity contribution in [1.29, 1.82) is 0 Å². The molecule has 1 saturated heterocycles. The number of urea groups is 1. The van der Waals surface area contributed by atoms with Crippen molar-refractivity contribution < 1.29 is 23.7 Å². The van der Waals surface area contributed by atoms with Crippen LogP contribution in [0.5, 0.6) is 23.0 Å². The Hall–Kier alpha value is -3.29. The highest BCUT2D eigenvalue weighted by Gasteiger charge is 2.23. The molecular weight excluding hydrogens is 374 g/mol. The summed E-state index contributed by atoms with van der Waals surface area (Å²) in [5.41, 5.74) is 1.62. The van der Waals surface area contributed by atoms with E-state index in [1.807, 2.05) is 18.2 Å². The van der Waals surface area contributed by atoms with E-state index in [1.54, 1.807) is 51.5 Å². The van der Waals surface area contributed by atoms with Gasteiger partial charge in [0.15, 0.2) is 0 Å². The first-order chi connectivity index (χ1) is 14.1. The maximum atomic E-state index is 12.7. The third kappa shape index (κ3) is 4.77. The third-order valence-electron chi connectivity index (χ3n) is 4.90. The van der Waals surface area contributed by atoms with Crippen LogP contribution in [0.25, 0.3) is 0 Å². The molecule has 0 unspecified atom stereocenters. The van der Waals surface area contributed by atoms with E-state index in [0.717, 1.165) is 17.2 Å². The first-order valence-electron chi connectivity index (χ1n) is 9.34. The Morgan fingerprint density at radius 1 is 0.793 bits per heavy atom. The number of ether oxygens (including phenoxy) is 4. The molecule has 0 spiro atoms. The van der Waals surface area contributed by atoms with E-state index >= 15 is 0 Å². The van der Waals surface area contributed by atoms with Crippen LogP contribution in [-0.4, -0.2) is 65.5 Å². The van der Waals surface area contributed by atoms with Crippen LogP contribution < -0.4 is 29.2 Å². The molecule has 0 aliphatic carbocycles. The predicted octanol–water partition coefficient (Wildman–Crippen LogP) is 3.08. The van der Waals surface area contributed by atoms with Gasteiger partial charge in [0.05, 0.1) is 34.1 Å². The third-order valence-corrected chi connectivity index (χ3v) is 4.90. The van der Waals surface area contributed by atoms with Crippen LogP contribution in [0.2, 0.25) is 0 Å². The second kappa shape index (κ2) is 9.27. The summed E-state index contributed by atoms with van der Waals surface area (Å²) >= 11 is 0. The molecule has 0 radical (unpaired) electrons. The number of carbonyl (C=O) groups is 1. The first-order valence-corrected chi connectivity index (χ1v) is 9.34. The fourth-order valence-electron chi connectivity index (χ4n) is 3.28. The smallest absolute Gasteiger partial charge is 0.321 e. The van der Waals surface area contributed by atoms with Crippen LogP contribution in [-0.2, 0) is 0 Å². The topological polar surface area (TPSA) is 72.5 Å². The molecule has 3 rings (SSSR count). The molecule has 1 heterocycles. The Morgan fingerprint density at radius 2 is 1.41 bits per heavy atom. The molecule has 2 aromatic carbocycles. The van der Waals surface area contributed by atoms with Gasteiger partial charge in [0.2, 0.25) is 0 Å². The van der Waals surface area contributed by atoms with Gasteiger partial charge in [-0.1, -0.05) is 0 Å². The van der Waals surface area contributed by atoms with E-state index in [9.17, 15) is 4.79 Å². The minimum absolute atomic E-state index is 0.151. The molecule has 8 nitrogen and oxygen atoms in total. The molecule has 29 heavy (non-hydrogen) atoms. The van der Waals surface area contributed by atoms with Crippen LogP contribution in [0.4, 0.5) is 16.2 Å². The highest BCUT2D eigenvalue weighted by atomic mass is 16.5. The van der Waals surface area contributed by atoms with Gasteiger partial charge in [-0.3, -0.25) is 0 Å². The van der Waals surface area contributed by atoms with Crippen molar-refractivity contribution in [2.45, 2.75) is 0 Å². The Morgan fingerprint density at radius 3 is 1.97 bits per heavy atom. The van der Waals surface area contributed by atoms with Crippen LogP contribution >= 0.6 is 0 Å². The fourth-order valence-corrected chi connectivity index (χ4v) is 3.28. The van der Waals surface area contributed by atoms with Crippen molar-refractivity contribution in [1.82, 2.24) is 4.90 Å². The fraction of sp³-hybridized carbons (Fsp3) is 0.381. The van der Waals surface area contributed by atoms with Gasteiger partial charge in [0, 0.05) is 56.1 Å². The van der Waals surface area contributed by atoms with Gasteiger partial charge in [-0.25, -0.2) is 4.79 Å². The lowest BCUT2D eigenvalue weighted by molar-refractivity contribution is 0.208. The Bertz CT molecular complexity index is 828. The lowest BCUT2D eigenvalue weighted by Crippen LogP contribution is -2.50. The Kier molecular flexibility index (Phi) is 6.54. The number of anilines is 2. The molecule has 2 aromatic rings. The van der Waals surface area contributed by atoms with Crippen molar-refractivity contribution in [3.05, 3.63) is 36.4 Å². The summed E-state index contributed by atoms with van der Waals surface area (Å²) in [4.78, 5) is 16.7. The molecule has 0 bridgehead atoms. The number of carbonyl (C=O) groups excluding carboxylic acids is 1. The summed E-state index contributed by atoms with van der Waals surface area (Å²) in [6.45, 7) is 2.61. The molecule has 0 saturated carbocycles. The van der Waals surface area contributed by atoms with E-state index in [2.05, 4.69) is 10.2 Å². The molecule has 8 heteroatoms. The molecule has 0 atom stereocenters. The maximum Gasteiger partial charge on any atom is 0.321 e. The standard InChI is InChI=1S/C21H27N3O5/c1-26-16-5-6-19(20(14-16)29-4)23-7-9-24(10-8-23)21(25)22-15-11-17(27-2)13-18(12-15)28-3/h5-6,11-14H,7-10H2,1-4H3,(H,22,25). The van der Waals surface area contributed by atoms with Gasteiger partial charge >= 0.3 is 6.03 Å². The van der Waals surface area contributed by atoms with Gasteiger partial charge in [0.1, 0.15) is 23.0 Å². The van der Waals surface area contributed by atoms with Crippen molar-refractivity contribution in [2.75, 3.05) is 64.8 Å². The summed E-state index contributed by atoms with van der Waals surface area (Å²) in [7, 11) is 6.42. The lowest BCUT2D eigenvalue weighted by Gasteiger charge is -2.36. The summed E-state index contributed by atoms with van der Waals surface area (Å²) in [6, 6.07) is 10.9. The van der Waals surface area contributed by atoms with Crippen LogP contribution in [0, 0.1) is 0 Å². The average Bonchev–Trinajstić information content (AvgIpc) is 2.78. The van der Waals surface area contributed by atoms with E-state index < -0.39 is 0 Å². The van der Waals surface area contributed by atoms with Crippen LogP contribution in [0.1, 0.15) is 0 Å². The SMILES string of the molecule is COc1cc(NC(=O)N2CCN(c3ccc(OC)cc3OC)CC2)cc(OC)c1. The number of nitrogens with zero attached hydrogens (tertiary/aromatic N) is 2. The van der Waals surface area contributed by atoms with E-state index in [0.29, 0.717) is 43.4 Å². The molecule has 1 fully saturated rings. The maximum absolute atomic E-state index is 12.7. The zero-order valence-electron chi connectivity index (χ0n) is 17.2. The normalized spacial score (nSPS) is 13.7. The summed E-state index contributed by atoms with van der Waals surface area (Å²) in [5.74, 6) is 2.75. The highest BCUT2D eigenvalue weighted by molar-refractivity contribution is 5.90.